The van der Waals surface area contributed by atoms with Crippen molar-refractivity contribution in [3.8, 4) is 11.5 Å². The molecule has 2 atom stereocenters. The summed E-state index contributed by atoms with van der Waals surface area (Å²) in [6.45, 7) is 5.60. The van der Waals surface area contributed by atoms with Gasteiger partial charge in [-0.1, -0.05) is 29.8 Å². The SMILES string of the molecule is COc1ccc(C(=O)NC[C@@H]2CN(C)C(=O)[C@H](C)N2Cc2cccc(C)c2)c(OC)c1. The van der Waals surface area contributed by atoms with E-state index in [4.69, 9.17) is 9.47 Å². The summed E-state index contributed by atoms with van der Waals surface area (Å²) in [5, 5.41) is 3.02. The lowest BCUT2D eigenvalue weighted by Gasteiger charge is -2.44. The molecule has 0 bridgehead atoms. The molecule has 0 aliphatic carbocycles. The second-order valence-corrected chi connectivity index (χ2v) is 7.99. The lowest BCUT2D eigenvalue weighted by atomic mass is 10.0. The van der Waals surface area contributed by atoms with Gasteiger partial charge in [-0.05, 0) is 31.5 Å². The summed E-state index contributed by atoms with van der Waals surface area (Å²) >= 11 is 0. The molecule has 2 amide bonds. The zero-order chi connectivity index (χ0) is 22.5. The van der Waals surface area contributed by atoms with Gasteiger partial charge in [0.2, 0.25) is 5.91 Å². The zero-order valence-corrected chi connectivity index (χ0v) is 18.8. The Morgan fingerprint density at radius 2 is 1.94 bits per heavy atom. The number of aryl methyl sites for hydroxylation is 1. The zero-order valence-electron chi connectivity index (χ0n) is 18.8. The summed E-state index contributed by atoms with van der Waals surface area (Å²) in [7, 11) is 4.90. The smallest absolute Gasteiger partial charge is 0.255 e. The van der Waals surface area contributed by atoms with Crippen LogP contribution in [0.4, 0.5) is 0 Å². The van der Waals surface area contributed by atoms with E-state index in [1.807, 2.05) is 20.0 Å². The third kappa shape index (κ3) is 5.17. The van der Waals surface area contributed by atoms with Crippen molar-refractivity contribution in [3.63, 3.8) is 0 Å². The predicted molar refractivity (Wildman–Crippen MR) is 119 cm³/mol. The molecule has 1 fully saturated rings. The van der Waals surface area contributed by atoms with E-state index in [2.05, 4.69) is 35.3 Å². The Hall–Kier alpha value is -3.06. The molecule has 1 saturated heterocycles. The van der Waals surface area contributed by atoms with E-state index < -0.39 is 0 Å². The first-order chi connectivity index (χ1) is 14.8. The van der Waals surface area contributed by atoms with E-state index in [9.17, 15) is 9.59 Å². The quantitative estimate of drug-likeness (QED) is 0.738. The van der Waals surface area contributed by atoms with Gasteiger partial charge in [0, 0.05) is 38.8 Å². The van der Waals surface area contributed by atoms with E-state index in [1.165, 1.54) is 12.7 Å². The minimum atomic E-state index is -0.267. The molecular formula is C24H31N3O4. The van der Waals surface area contributed by atoms with Crippen molar-refractivity contribution < 1.29 is 19.1 Å². The number of hydrogen-bond acceptors (Lipinski definition) is 5. The third-order valence-corrected chi connectivity index (χ3v) is 5.78. The summed E-state index contributed by atoms with van der Waals surface area (Å²) in [5.41, 5.74) is 2.78. The lowest BCUT2D eigenvalue weighted by molar-refractivity contribution is -0.142. The third-order valence-electron chi connectivity index (χ3n) is 5.78. The summed E-state index contributed by atoms with van der Waals surface area (Å²) in [6.07, 6.45) is 0. The number of amides is 2. The average Bonchev–Trinajstić information content (AvgIpc) is 2.77. The van der Waals surface area contributed by atoms with Crippen LogP contribution in [0.5, 0.6) is 11.5 Å². The molecule has 0 radical (unpaired) electrons. The Labute approximate surface area is 183 Å². The fourth-order valence-electron chi connectivity index (χ4n) is 4.05. The van der Waals surface area contributed by atoms with E-state index in [0.29, 0.717) is 36.7 Å². The van der Waals surface area contributed by atoms with Crippen LogP contribution in [-0.2, 0) is 11.3 Å². The Balaban J connectivity index is 1.75. The van der Waals surface area contributed by atoms with Gasteiger partial charge >= 0.3 is 0 Å². The largest absolute Gasteiger partial charge is 0.497 e. The van der Waals surface area contributed by atoms with Gasteiger partial charge in [-0.25, -0.2) is 0 Å². The molecule has 1 N–H and O–H groups in total. The molecule has 0 spiro atoms. The molecule has 7 heteroatoms. The molecule has 0 unspecified atom stereocenters. The summed E-state index contributed by atoms with van der Waals surface area (Å²) in [5.74, 6) is 0.950. The van der Waals surface area contributed by atoms with Crippen molar-refractivity contribution in [1.29, 1.82) is 0 Å². The lowest BCUT2D eigenvalue weighted by Crippen LogP contribution is -2.62. The highest BCUT2D eigenvalue weighted by Crippen LogP contribution is 2.25. The Bertz CT molecular complexity index is 946. The number of hydrogen-bond donors (Lipinski definition) is 1. The van der Waals surface area contributed by atoms with Crippen LogP contribution >= 0.6 is 0 Å². The number of nitrogens with one attached hydrogen (secondary N) is 1. The molecule has 1 aliphatic heterocycles. The van der Waals surface area contributed by atoms with Crippen LogP contribution in [0, 0.1) is 6.92 Å². The molecule has 2 aromatic rings. The van der Waals surface area contributed by atoms with Gasteiger partial charge in [0.1, 0.15) is 11.5 Å². The molecule has 3 rings (SSSR count). The van der Waals surface area contributed by atoms with Crippen LogP contribution < -0.4 is 14.8 Å². The fourth-order valence-corrected chi connectivity index (χ4v) is 4.05. The summed E-state index contributed by atoms with van der Waals surface area (Å²) in [4.78, 5) is 29.4. The van der Waals surface area contributed by atoms with Gasteiger partial charge < -0.3 is 19.7 Å². The highest BCUT2D eigenvalue weighted by molar-refractivity contribution is 5.97. The second-order valence-electron chi connectivity index (χ2n) is 7.99. The van der Waals surface area contributed by atoms with Crippen LogP contribution in [0.15, 0.2) is 42.5 Å². The van der Waals surface area contributed by atoms with Gasteiger partial charge in [-0.15, -0.1) is 0 Å². The van der Waals surface area contributed by atoms with Gasteiger partial charge in [-0.2, -0.15) is 0 Å². The standard InChI is InChI=1S/C24H31N3O4/c1-16-7-6-8-18(11-16)14-27-17(2)24(29)26(3)15-19(27)13-25-23(28)21-10-9-20(30-4)12-22(21)31-5/h6-12,17,19H,13-15H2,1-5H3,(H,25,28)/t17-,19+/m0/s1. The van der Waals surface area contributed by atoms with Crippen molar-refractivity contribution in [1.82, 2.24) is 15.1 Å². The number of carbonyl (C=O) groups is 2. The van der Waals surface area contributed by atoms with Gasteiger partial charge in [0.25, 0.3) is 5.91 Å². The highest BCUT2D eigenvalue weighted by atomic mass is 16.5. The maximum atomic E-state index is 12.9. The number of benzene rings is 2. The molecule has 0 saturated carbocycles. The summed E-state index contributed by atoms with van der Waals surface area (Å²) < 4.78 is 10.6. The first-order valence-corrected chi connectivity index (χ1v) is 10.4. The number of methoxy groups -OCH3 is 2. The van der Waals surface area contributed by atoms with Crippen LogP contribution in [0.25, 0.3) is 0 Å². The molecule has 7 nitrogen and oxygen atoms in total. The first-order valence-electron chi connectivity index (χ1n) is 10.4. The number of likely N-dealkylation sites (N-methyl/N-ethyl adjacent to an activating group) is 1. The molecule has 166 valence electrons. The van der Waals surface area contributed by atoms with Crippen molar-refractivity contribution >= 4 is 11.8 Å². The molecule has 2 aromatic carbocycles. The number of piperazine rings is 1. The van der Waals surface area contributed by atoms with Crippen LogP contribution in [0.2, 0.25) is 0 Å². The Morgan fingerprint density at radius 3 is 2.61 bits per heavy atom. The van der Waals surface area contributed by atoms with E-state index in [0.717, 1.165) is 5.56 Å². The number of nitrogens with zero attached hydrogens (tertiary/aromatic N) is 2. The van der Waals surface area contributed by atoms with Crippen LogP contribution in [0.3, 0.4) is 0 Å². The summed E-state index contributed by atoms with van der Waals surface area (Å²) in [6, 6.07) is 13.1. The van der Waals surface area contributed by atoms with Crippen molar-refractivity contribution in [2.24, 2.45) is 0 Å². The maximum absolute atomic E-state index is 12.9. The van der Waals surface area contributed by atoms with Crippen molar-refractivity contribution in [2.45, 2.75) is 32.5 Å². The van der Waals surface area contributed by atoms with Crippen LogP contribution in [0.1, 0.15) is 28.4 Å². The van der Waals surface area contributed by atoms with Gasteiger partial charge in [0.15, 0.2) is 0 Å². The fraction of sp³-hybridized carbons (Fsp3) is 0.417. The molecule has 1 heterocycles. The Kier molecular flexibility index (Phi) is 7.17. The van der Waals surface area contributed by atoms with Crippen molar-refractivity contribution in [3.05, 3.63) is 59.2 Å². The van der Waals surface area contributed by atoms with Crippen molar-refractivity contribution in [2.75, 3.05) is 34.4 Å². The minimum absolute atomic E-state index is 0.00796. The van der Waals surface area contributed by atoms with E-state index in [1.54, 1.807) is 30.2 Å². The topological polar surface area (TPSA) is 71.1 Å². The average molecular weight is 426 g/mol. The van der Waals surface area contributed by atoms with E-state index in [-0.39, 0.29) is 23.9 Å². The number of ether oxygens (including phenoxy) is 2. The maximum Gasteiger partial charge on any atom is 0.255 e. The predicted octanol–water partition coefficient (Wildman–Crippen LogP) is 2.47. The molecular weight excluding hydrogens is 394 g/mol. The number of rotatable bonds is 7. The first kappa shape index (κ1) is 22.6. The normalized spacial score (nSPS) is 19.3. The highest BCUT2D eigenvalue weighted by Gasteiger charge is 2.36. The van der Waals surface area contributed by atoms with Crippen LogP contribution in [-0.4, -0.2) is 68.1 Å². The number of carbonyl (C=O) groups excluding carboxylic acids is 2. The molecule has 31 heavy (non-hydrogen) atoms. The Morgan fingerprint density at radius 1 is 1.16 bits per heavy atom. The molecule has 0 aromatic heterocycles. The van der Waals surface area contributed by atoms with Gasteiger partial charge in [-0.3, -0.25) is 14.5 Å². The second kappa shape index (κ2) is 9.83. The molecule has 1 aliphatic rings. The van der Waals surface area contributed by atoms with E-state index >= 15 is 0 Å². The van der Waals surface area contributed by atoms with Gasteiger partial charge in [0.05, 0.1) is 25.8 Å². The minimum Gasteiger partial charge on any atom is -0.497 e. The monoisotopic (exact) mass is 425 g/mol.